The molecule has 29 heavy (non-hydrogen) atoms. The SMILES string of the molecule is O=[N+]([O-])c1ccc(N/N=C/c2ccc(Sc3ccc(Cl)cc3)c([N+](=O)[O-])c2)cc1. The minimum absolute atomic E-state index is 0.0241. The number of nitro groups is 2. The summed E-state index contributed by atoms with van der Waals surface area (Å²) in [6.07, 6.45) is 1.44. The number of halogens is 1. The van der Waals surface area contributed by atoms with E-state index in [2.05, 4.69) is 10.5 Å². The van der Waals surface area contributed by atoms with E-state index in [1.54, 1.807) is 36.4 Å². The Bertz CT molecular complexity index is 1070. The molecule has 0 fully saturated rings. The third-order valence-corrected chi connectivity index (χ3v) is 5.03. The van der Waals surface area contributed by atoms with Gasteiger partial charge in [0, 0.05) is 33.7 Å². The summed E-state index contributed by atoms with van der Waals surface area (Å²) < 4.78 is 0. The van der Waals surface area contributed by atoms with E-state index in [0.29, 0.717) is 21.2 Å². The number of benzene rings is 3. The Morgan fingerprint density at radius 2 is 1.62 bits per heavy atom. The smallest absolute Gasteiger partial charge is 0.278 e. The lowest BCUT2D eigenvalue weighted by atomic mass is 10.2. The molecular weight excluding hydrogens is 416 g/mol. The first kappa shape index (κ1) is 20.3. The summed E-state index contributed by atoms with van der Waals surface area (Å²) in [6.45, 7) is 0. The molecule has 0 spiro atoms. The van der Waals surface area contributed by atoms with Crippen LogP contribution in [0.15, 0.2) is 81.6 Å². The molecule has 0 aliphatic carbocycles. The average molecular weight is 429 g/mol. The number of hydrazone groups is 1. The van der Waals surface area contributed by atoms with E-state index in [1.807, 2.05) is 0 Å². The Morgan fingerprint density at radius 1 is 0.931 bits per heavy atom. The van der Waals surface area contributed by atoms with Crippen LogP contribution in [0.1, 0.15) is 5.56 Å². The number of nitro benzene ring substituents is 2. The number of rotatable bonds is 7. The first-order valence-corrected chi connectivity index (χ1v) is 9.37. The van der Waals surface area contributed by atoms with Crippen LogP contribution in [0, 0.1) is 20.2 Å². The molecule has 8 nitrogen and oxygen atoms in total. The highest BCUT2D eigenvalue weighted by atomic mass is 35.5. The van der Waals surface area contributed by atoms with Crippen molar-refractivity contribution in [3.8, 4) is 0 Å². The maximum absolute atomic E-state index is 11.5. The molecule has 0 bridgehead atoms. The highest BCUT2D eigenvalue weighted by molar-refractivity contribution is 7.99. The largest absolute Gasteiger partial charge is 0.283 e. The van der Waals surface area contributed by atoms with Crippen LogP contribution in [0.4, 0.5) is 17.1 Å². The average Bonchev–Trinajstić information content (AvgIpc) is 2.71. The van der Waals surface area contributed by atoms with Crippen LogP contribution in [0.25, 0.3) is 0 Å². The third kappa shape index (κ3) is 5.53. The zero-order valence-corrected chi connectivity index (χ0v) is 16.3. The van der Waals surface area contributed by atoms with Crippen LogP contribution in [-0.2, 0) is 0 Å². The quantitative estimate of drug-likeness (QED) is 0.291. The highest BCUT2D eigenvalue weighted by Gasteiger charge is 2.15. The molecule has 3 rings (SSSR count). The third-order valence-electron chi connectivity index (χ3n) is 3.71. The highest BCUT2D eigenvalue weighted by Crippen LogP contribution is 2.35. The molecular formula is C19H13ClN4O4S. The van der Waals surface area contributed by atoms with E-state index < -0.39 is 9.85 Å². The van der Waals surface area contributed by atoms with Gasteiger partial charge in [0.25, 0.3) is 11.4 Å². The van der Waals surface area contributed by atoms with E-state index in [4.69, 9.17) is 11.6 Å². The van der Waals surface area contributed by atoms with Gasteiger partial charge < -0.3 is 0 Å². The first-order valence-electron chi connectivity index (χ1n) is 8.18. The molecule has 0 saturated carbocycles. The minimum atomic E-state index is -0.490. The molecule has 0 saturated heterocycles. The Kier molecular flexibility index (Phi) is 6.43. The van der Waals surface area contributed by atoms with Gasteiger partial charge in [-0.05, 0) is 42.5 Å². The zero-order chi connectivity index (χ0) is 20.8. The van der Waals surface area contributed by atoms with E-state index in [9.17, 15) is 20.2 Å². The molecule has 3 aromatic rings. The van der Waals surface area contributed by atoms with Crippen molar-refractivity contribution in [1.82, 2.24) is 0 Å². The van der Waals surface area contributed by atoms with Crippen molar-refractivity contribution in [2.75, 3.05) is 5.43 Å². The molecule has 0 aliphatic heterocycles. The monoisotopic (exact) mass is 428 g/mol. The number of non-ortho nitro benzene ring substituents is 1. The van der Waals surface area contributed by atoms with Crippen molar-refractivity contribution in [2.45, 2.75) is 9.79 Å². The first-order chi connectivity index (χ1) is 13.9. The van der Waals surface area contributed by atoms with Crippen LogP contribution in [0.2, 0.25) is 5.02 Å². The summed E-state index contributed by atoms with van der Waals surface area (Å²) in [5, 5.41) is 26.7. The van der Waals surface area contributed by atoms with Gasteiger partial charge in [0.1, 0.15) is 0 Å². The summed E-state index contributed by atoms with van der Waals surface area (Å²) in [4.78, 5) is 22.5. The lowest BCUT2D eigenvalue weighted by molar-refractivity contribution is -0.387. The van der Waals surface area contributed by atoms with E-state index in [1.165, 1.54) is 48.3 Å². The van der Waals surface area contributed by atoms with Crippen molar-refractivity contribution < 1.29 is 9.85 Å². The van der Waals surface area contributed by atoms with E-state index in [-0.39, 0.29) is 11.4 Å². The van der Waals surface area contributed by atoms with Gasteiger partial charge in [0.05, 0.1) is 26.6 Å². The second-order valence-electron chi connectivity index (χ2n) is 5.71. The maximum atomic E-state index is 11.5. The molecule has 1 N–H and O–H groups in total. The number of nitrogens with zero attached hydrogens (tertiary/aromatic N) is 3. The van der Waals surface area contributed by atoms with Crippen molar-refractivity contribution in [3.63, 3.8) is 0 Å². The molecule has 10 heteroatoms. The molecule has 0 aliphatic rings. The number of hydrogen-bond acceptors (Lipinski definition) is 7. The second kappa shape index (κ2) is 9.18. The topological polar surface area (TPSA) is 111 Å². The fourth-order valence-corrected chi connectivity index (χ4v) is 3.34. The second-order valence-corrected chi connectivity index (χ2v) is 7.27. The summed E-state index contributed by atoms with van der Waals surface area (Å²) in [5.41, 5.74) is 3.75. The molecule has 0 atom stereocenters. The molecule has 0 unspecified atom stereocenters. The van der Waals surface area contributed by atoms with E-state index >= 15 is 0 Å². The fraction of sp³-hybridized carbons (Fsp3) is 0. The molecule has 0 heterocycles. The van der Waals surface area contributed by atoms with Gasteiger partial charge in [-0.3, -0.25) is 25.7 Å². The van der Waals surface area contributed by atoms with Gasteiger partial charge in [-0.1, -0.05) is 29.4 Å². The molecule has 0 amide bonds. The van der Waals surface area contributed by atoms with Crippen LogP contribution < -0.4 is 5.43 Å². The Labute approximate surface area is 174 Å². The van der Waals surface area contributed by atoms with Crippen molar-refractivity contribution in [3.05, 3.63) is 97.5 Å². The lowest BCUT2D eigenvalue weighted by Gasteiger charge is -2.04. The molecule has 0 aromatic heterocycles. The van der Waals surface area contributed by atoms with Gasteiger partial charge in [-0.2, -0.15) is 5.10 Å². The normalized spacial score (nSPS) is 10.8. The predicted molar refractivity (Wildman–Crippen MR) is 113 cm³/mol. The standard InChI is InChI=1S/C19H13ClN4O4S/c20-14-2-8-17(9-3-14)29-19-10-1-13(11-18(19)24(27)28)12-21-22-15-4-6-16(7-5-15)23(25)26/h1-12,22H/b21-12+. The number of anilines is 1. The maximum Gasteiger partial charge on any atom is 0.283 e. The van der Waals surface area contributed by atoms with Crippen molar-refractivity contribution >= 4 is 46.6 Å². The van der Waals surface area contributed by atoms with Crippen LogP contribution in [-0.4, -0.2) is 16.1 Å². The van der Waals surface area contributed by atoms with E-state index in [0.717, 1.165) is 4.90 Å². The van der Waals surface area contributed by atoms with Gasteiger partial charge in [0.2, 0.25) is 0 Å². The van der Waals surface area contributed by atoms with Crippen molar-refractivity contribution in [1.29, 1.82) is 0 Å². The molecule has 146 valence electrons. The van der Waals surface area contributed by atoms with Crippen molar-refractivity contribution in [2.24, 2.45) is 5.10 Å². The zero-order valence-electron chi connectivity index (χ0n) is 14.7. The number of nitrogens with one attached hydrogen (secondary N) is 1. The summed E-state index contributed by atoms with van der Waals surface area (Å²) >= 11 is 7.13. The predicted octanol–water partition coefficient (Wildman–Crippen LogP) is 5.75. The van der Waals surface area contributed by atoms with Gasteiger partial charge in [0.15, 0.2) is 0 Å². The van der Waals surface area contributed by atoms with Crippen LogP contribution in [0.5, 0.6) is 0 Å². The Balaban J connectivity index is 1.73. The van der Waals surface area contributed by atoms with Gasteiger partial charge in [-0.25, -0.2) is 0 Å². The number of hydrogen-bond donors (Lipinski definition) is 1. The summed E-state index contributed by atoms with van der Waals surface area (Å²) in [6, 6.07) is 17.6. The minimum Gasteiger partial charge on any atom is -0.278 e. The lowest BCUT2D eigenvalue weighted by Crippen LogP contribution is -1.95. The fourth-order valence-electron chi connectivity index (χ4n) is 2.31. The summed E-state index contributed by atoms with van der Waals surface area (Å²) in [5.74, 6) is 0. The molecule has 0 radical (unpaired) electrons. The Hall–Kier alpha value is -3.43. The van der Waals surface area contributed by atoms with Crippen LogP contribution in [0.3, 0.4) is 0 Å². The Morgan fingerprint density at radius 3 is 2.24 bits per heavy atom. The van der Waals surface area contributed by atoms with Gasteiger partial charge in [-0.15, -0.1) is 0 Å². The van der Waals surface area contributed by atoms with Crippen LogP contribution >= 0.6 is 23.4 Å². The molecule has 3 aromatic carbocycles. The van der Waals surface area contributed by atoms with Gasteiger partial charge >= 0.3 is 0 Å². The summed E-state index contributed by atoms with van der Waals surface area (Å²) in [7, 11) is 0.